The minimum atomic E-state index is 0.184. The van der Waals surface area contributed by atoms with Crippen LogP contribution in [0.5, 0.6) is 0 Å². The lowest BCUT2D eigenvalue weighted by Crippen LogP contribution is -2.41. The van der Waals surface area contributed by atoms with Crippen molar-refractivity contribution < 1.29 is 0 Å². The number of hydrogen-bond acceptors (Lipinski definition) is 2. The van der Waals surface area contributed by atoms with Crippen molar-refractivity contribution in [3.8, 4) is 0 Å². The van der Waals surface area contributed by atoms with Crippen molar-refractivity contribution in [2.75, 3.05) is 6.54 Å². The Morgan fingerprint density at radius 3 is 2.94 bits per heavy atom. The van der Waals surface area contributed by atoms with E-state index >= 15 is 0 Å². The summed E-state index contributed by atoms with van der Waals surface area (Å²) >= 11 is 0. The van der Waals surface area contributed by atoms with Gasteiger partial charge in [0.05, 0.1) is 6.20 Å². The summed E-state index contributed by atoms with van der Waals surface area (Å²) in [6.45, 7) is 6.52. The van der Waals surface area contributed by atoms with Crippen LogP contribution in [-0.4, -0.2) is 16.3 Å². The van der Waals surface area contributed by atoms with Gasteiger partial charge in [-0.05, 0) is 32.7 Å². The maximum atomic E-state index is 4.41. The van der Waals surface area contributed by atoms with Crippen molar-refractivity contribution >= 4 is 0 Å². The third-order valence-corrected chi connectivity index (χ3v) is 3.86. The SMILES string of the molecule is CCn1cc(C2(CC)CCCCCN2)cn1. The van der Waals surface area contributed by atoms with E-state index in [1.54, 1.807) is 0 Å². The monoisotopic (exact) mass is 221 g/mol. The molecule has 2 rings (SSSR count). The van der Waals surface area contributed by atoms with Gasteiger partial charge >= 0.3 is 0 Å². The minimum absolute atomic E-state index is 0.184. The van der Waals surface area contributed by atoms with E-state index in [0.29, 0.717) is 0 Å². The first-order valence-electron chi connectivity index (χ1n) is 6.58. The molecule has 1 fully saturated rings. The largest absolute Gasteiger partial charge is 0.307 e. The molecular weight excluding hydrogens is 198 g/mol. The lowest BCUT2D eigenvalue weighted by Gasteiger charge is -2.31. The standard InChI is InChI=1S/C13H23N3/c1-3-13(8-6-5-7-9-14-13)12-10-15-16(4-2)11-12/h10-11,14H,3-9H2,1-2H3. The molecule has 0 amide bonds. The Bertz CT molecular complexity index is 322. The van der Waals surface area contributed by atoms with Crippen LogP contribution in [0.3, 0.4) is 0 Å². The number of nitrogens with one attached hydrogen (secondary N) is 1. The van der Waals surface area contributed by atoms with Crippen LogP contribution in [-0.2, 0) is 12.1 Å². The molecule has 1 aromatic rings. The van der Waals surface area contributed by atoms with Gasteiger partial charge in [-0.25, -0.2) is 0 Å². The lowest BCUT2D eigenvalue weighted by atomic mass is 9.85. The second-order valence-electron chi connectivity index (χ2n) is 4.76. The summed E-state index contributed by atoms with van der Waals surface area (Å²) in [6.07, 6.45) is 10.7. The first-order valence-corrected chi connectivity index (χ1v) is 6.58. The molecule has 0 aromatic carbocycles. The van der Waals surface area contributed by atoms with Crippen LogP contribution in [0.1, 0.15) is 51.5 Å². The van der Waals surface area contributed by atoms with Gasteiger partial charge in [-0.3, -0.25) is 4.68 Å². The summed E-state index contributed by atoms with van der Waals surface area (Å²) < 4.78 is 2.03. The Hall–Kier alpha value is -0.830. The summed E-state index contributed by atoms with van der Waals surface area (Å²) in [5.41, 5.74) is 1.56. The summed E-state index contributed by atoms with van der Waals surface area (Å²) in [4.78, 5) is 0. The fraction of sp³-hybridized carbons (Fsp3) is 0.769. The Kier molecular flexibility index (Phi) is 3.64. The lowest BCUT2D eigenvalue weighted by molar-refractivity contribution is 0.312. The van der Waals surface area contributed by atoms with E-state index in [4.69, 9.17) is 0 Å². The van der Waals surface area contributed by atoms with Crippen molar-refractivity contribution in [2.45, 2.75) is 58.0 Å². The number of nitrogens with zero attached hydrogens (tertiary/aromatic N) is 2. The van der Waals surface area contributed by atoms with Crippen LogP contribution in [0.2, 0.25) is 0 Å². The third kappa shape index (κ3) is 2.14. The van der Waals surface area contributed by atoms with Crippen LogP contribution in [0, 0.1) is 0 Å². The summed E-state index contributed by atoms with van der Waals surface area (Å²) in [5, 5.41) is 8.16. The van der Waals surface area contributed by atoms with Gasteiger partial charge in [-0.15, -0.1) is 0 Å². The van der Waals surface area contributed by atoms with Crippen LogP contribution >= 0.6 is 0 Å². The highest BCUT2D eigenvalue weighted by atomic mass is 15.3. The van der Waals surface area contributed by atoms with E-state index in [1.165, 1.54) is 31.2 Å². The van der Waals surface area contributed by atoms with Gasteiger partial charge < -0.3 is 5.32 Å². The molecule has 0 bridgehead atoms. The minimum Gasteiger partial charge on any atom is -0.307 e. The number of rotatable bonds is 3. The van der Waals surface area contributed by atoms with Crippen molar-refractivity contribution in [1.82, 2.24) is 15.1 Å². The fourth-order valence-corrected chi connectivity index (χ4v) is 2.68. The van der Waals surface area contributed by atoms with Crippen LogP contribution in [0.15, 0.2) is 12.4 Å². The van der Waals surface area contributed by atoms with Crippen molar-refractivity contribution in [2.24, 2.45) is 0 Å². The topological polar surface area (TPSA) is 29.9 Å². The molecular formula is C13H23N3. The first-order chi connectivity index (χ1) is 7.80. The van der Waals surface area contributed by atoms with E-state index in [0.717, 1.165) is 19.5 Å². The molecule has 1 aliphatic rings. The highest BCUT2D eigenvalue weighted by molar-refractivity contribution is 5.18. The average molecular weight is 221 g/mol. The van der Waals surface area contributed by atoms with Crippen LogP contribution < -0.4 is 5.32 Å². The molecule has 0 radical (unpaired) electrons. The number of aromatic nitrogens is 2. The maximum absolute atomic E-state index is 4.41. The molecule has 1 saturated heterocycles. The highest BCUT2D eigenvalue weighted by Crippen LogP contribution is 2.32. The highest BCUT2D eigenvalue weighted by Gasteiger charge is 2.31. The van der Waals surface area contributed by atoms with Crippen molar-refractivity contribution in [3.63, 3.8) is 0 Å². The molecule has 1 unspecified atom stereocenters. The van der Waals surface area contributed by atoms with E-state index in [-0.39, 0.29) is 5.54 Å². The molecule has 2 heterocycles. The molecule has 3 heteroatoms. The molecule has 90 valence electrons. The predicted octanol–water partition coefficient (Wildman–Crippen LogP) is 2.67. The zero-order chi connectivity index (χ0) is 11.4. The van der Waals surface area contributed by atoms with Gasteiger partial charge in [0, 0.05) is 23.8 Å². The zero-order valence-corrected chi connectivity index (χ0v) is 10.5. The Morgan fingerprint density at radius 1 is 1.38 bits per heavy atom. The quantitative estimate of drug-likeness (QED) is 0.850. The second-order valence-corrected chi connectivity index (χ2v) is 4.76. The third-order valence-electron chi connectivity index (χ3n) is 3.86. The Labute approximate surface area is 98.2 Å². The summed E-state index contributed by atoms with van der Waals surface area (Å²) in [6, 6.07) is 0. The van der Waals surface area contributed by atoms with E-state index in [9.17, 15) is 0 Å². The number of aryl methyl sites for hydroxylation is 1. The smallest absolute Gasteiger partial charge is 0.0540 e. The van der Waals surface area contributed by atoms with E-state index in [1.807, 2.05) is 10.9 Å². The molecule has 0 saturated carbocycles. The van der Waals surface area contributed by atoms with E-state index in [2.05, 4.69) is 30.5 Å². The van der Waals surface area contributed by atoms with Gasteiger partial charge in [0.2, 0.25) is 0 Å². The van der Waals surface area contributed by atoms with Crippen LogP contribution in [0.25, 0.3) is 0 Å². The van der Waals surface area contributed by atoms with Gasteiger partial charge in [0.1, 0.15) is 0 Å². The molecule has 1 atom stereocenters. The molecule has 1 aliphatic heterocycles. The molecule has 1 N–H and O–H groups in total. The fourth-order valence-electron chi connectivity index (χ4n) is 2.68. The molecule has 0 spiro atoms. The van der Waals surface area contributed by atoms with Crippen molar-refractivity contribution in [3.05, 3.63) is 18.0 Å². The van der Waals surface area contributed by atoms with Crippen molar-refractivity contribution in [1.29, 1.82) is 0 Å². The predicted molar refractivity (Wildman–Crippen MR) is 66.3 cm³/mol. The van der Waals surface area contributed by atoms with E-state index < -0.39 is 0 Å². The molecule has 1 aromatic heterocycles. The zero-order valence-electron chi connectivity index (χ0n) is 10.5. The van der Waals surface area contributed by atoms with Gasteiger partial charge in [-0.1, -0.05) is 19.8 Å². The summed E-state index contributed by atoms with van der Waals surface area (Å²) in [5.74, 6) is 0. The Morgan fingerprint density at radius 2 is 2.25 bits per heavy atom. The number of hydrogen-bond donors (Lipinski definition) is 1. The first kappa shape index (κ1) is 11.6. The van der Waals surface area contributed by atoms with Crippen LogP contribution in [0.4, 0.5) is 0 Å². The van der Waals surface area contributed by atoms with Gasteiger partial charge in [0.15, 0.2) is 0 Å². The maximum Gasteiger partial charge on any atom is 0.0540 e. The second kappa shape index (κ2) is 5.00. The van der Waals surface area contributed by atoms with Gasteiger partial charge in [-0.2, -0.15) is 5.10 Å². The summed E-state index contributed by atoms with van der Waals surface area (Å²) in [7, 11) is 0. The van der Waals surface area contributed by atoms with Gasteiger partial charge in [0.25, 0.3) is 0 Å². The Balaban J connectivity index is 2.24. The molecule has 3 nitrogen and oxygen atoms in total. The average Bonchev–Trinajstić information content (AvgIpc) is 2.68. The molecule has 16 heavy (non-hydrogen) atoms. The normalized spacial score (nSPS) is 26.6. The molecule has 0 aliphatic carbocycles.